The van der Waals surface area contributed by atoms with Gasteiger partial charge in [-0.05, 0) is 47.5 Å². The van der Waals surface area contributed by atoms with E-state index in [-0.39, 0.29) is 5.78 Å². The Bertz CT molecular complexity index is 832. The highest BCUT2D eigenvalue weighted by atomic mass is 16.1. The van der Waals surface area contributed by atoms with Crippen molar-refractivity contribution in [3.8, 4) is 0 Å². The van der Waals surface area contributed by atoms with Crippen molar-refractivity contribution in [1.82, 2.24) is 0 Å². The molecule has 0 aliphatic carbocycles. The van der Waals surface area contributed by atoms with Gasteiger partial charge in [-0.1, -0.05) is 36.4 Å². The third kappa shape index (κ3) is 2.48. The Kier molecular flexibility index (Phi) is 3.68. The average molecular weight is 289 g/mol. The minimum Gasteiger partial charge on any atom is -0.378 e. The summed E-state index contributed by atoms with van der Waals surface area (Å²) in [5, 5.41) is 2.16. The zero-order valence-electron chi connectivity index (χ0n) is 13.1. The molecule has 3 rings (SSSR count). The van der Waals surface area contributed by atoms with Gasteiger partial charge in [-0.2, -0.15) is 0 Å². The van der Waals surface area contributed by atoms with Gasteiger partial charge in [0.05, 0.1) is 0 Å². The molecule has 0 N–H and O–H groups in total. The second-order valence-electron chi connectivity index (χ2n) is 5.75. The third-order valence-electron chi connectivity index (χ3n) is 4.03. The fourth-order valence-corrected chi connectivity index (χ4v) is 2.71. The van der Waals surface area contributed by atoms with Crippen molar-refractivity contribution in [3.05, 3.63) is 77.4 Å². The summed E-state index contributed by atoms with van der Waals surface area (Å²) in [6.07, 6.45) is 0. The molecular weight excluding hydrogens is 270 g/mol. The topological polar surface area (TPSA) is 20.3 Å². The molecule has 0 radical (unpaired) electrons. The van der Waals surface area contributed by atoms with Crippen molar-refractivity contribution in [3.63, 3.8) is 0 Å². The van der Waals surface area contributed by atoms with E-state index in [1.54, 1.807) is 0 Å². The van der Waals surface area contributed by atoms with Gasteiger partial charge in [0.25, 0.3) is 0 Å². The Morgan fingerprint density at radius 1 is 0.818 bits per heavy atom. The Labute approximate surface area is 131 Å². The third-order valence-corrected chi connectivity index (χ3v) is 4.03. The molecular formula is C20H19NO. The molecule has 2 heteroatoms. The number of nitrogens with zero attached hydrogens (tertiary/aromatic N) is 1. The van der Waals surface area contributed by atoms with Gasteiger partial charge in [0.15, 0.2) is 5.78 Å². The SMILES string of the molecule is Cc1ccc(C(=O)c2ccc(N(C)C)cc2)c2ccccc12. The van der Waals surface area contributed by atoms with Gasteiger partial charge in [-0.25, -0.2) is 0 Å². The highest BCUT2D eigenvalue weighted by molar-refractivity contribution is 6.16. The molecule has 0 unspecified atom stereocenters. The van der Waals surface area contributed by atoms with E-state index < -0.39 is 0 Å². The Balaban J connectivity index is 2.07. The molecule has 3 aromatic rings. The first-order valence-corrected chi connectivity index (χ1v) is 7.38. The van der Waals surface area contributed by atoms with Gasteiger partial charge < -0.3 is 4.90 Å². The Morgan fingerprint density at radius 3 is 2.09 bits per heavy atom. The van der Waals surface area contributed by atoms with Crippen molar-refractivity contribution in [2.45, 2.75) is 6.92 Å². The standard InChI is InChI=1S/C20H19NO/c1-14-8-13-19(18-7-5-4-6-17(14)18)20(22)15-9-11-16(12-10-15)21(2)3/h4-13H,1-3H3. The number of anilines is 1. The first kappa shape index (κ1) is 14.3. The molecule has 2 nitrogen and oxygen atoms in total. The second kappa shape index (κ2) is 5.64. The minimum atomic E-state index is 0.0708. The van der Waals surface area contributed by atoms with Crippen molar-refractivity contribution in [1.29, 1.82) is 0 Å². The summed E-state index contributed by atoms with van der Waals surface area (Å²) in [6.45, 7) is 2.07. The van der Waals surface area contributed by atoms with E-state index >= 15 is 0 Å². The van der Waals surface area contributed by atoms with Crippen LogP contribution in [-0.2, 0) is 0 Å². The first-order chi connectivity index (χ1) is 10.6. The van der Waals surface area contributed by atoms with Crippen LogP contribution in [0.5, 0.6) is 0 Å². The first-order valence-electron chi connectivity index (χ1n) is 7.38. The van der Waals surface area contributed by atoms with E-state index in [0.717, 1.165) is 27.6 Å². The molecule has 0 atom stereocenters. The molecule has 0 bridgehead atoms. The molecule has 3 aromatic carbocycles. The van der Waals surface area contributed by atoms with Crippen LogP contribution < -0.4 is 4.90 Å². The van der Waals surface area contributed by atoms with Crippen LogP contribution in [0.3, 0.4) is 0 Å². The number of hydrogen-bond acceptors (Lipinski definition) is 2. The highest BCUT2D eigenvalue weighted by Gasteiger charge is 2.13. The van der Waals surface area contributed by atoms with Gasteiger partial charge in [0, 0.05) is 30.9 Å². The molecule has 0 amide bonds. The molecule has 0 heterocycles. The lowest BCUT2D eigenvalue weighted by Crippen LogP contribution is -2.09. The van der Waals surface area contributed by atoms with Crippen LogP contribution in [0.15, 0.2) is 60.7 Å². The maximum atomic E-state index is 12.8. The minimum absolute atomic E-state index is 0.0708. The normalized spacial score (nSPS) is 10.7. The predicted octanol–water partition coefficient (Wildman–Crippen LogP) is 4.45. The fraction of sp³-hybridized carbons (Fsp3) is 0.150. The van der Waals surface area contributed by atoms with Gasteiger partial charge in [-0.3, -0.25) is 4.79 Å². The molecule has 0 saturated carbocycles. The van der Waals surface area contributed by atoms with Crippen LogP contribution in [0.4, 0.5) is 5.69 Å². The van der Waals surface area contributed by atoms with Crippen molar-refractivity contribution >= 4 is 22.2 Å². The second-order valence-corrected chi connectivity index (χ2v) is 5.75. The summed E-state index contributed by atoms with van der Waals surface area (Å²) in [4.78, 5) is 14.9. The van der Waals surface area contributed by atoms with Crippen molar-refractivity contribution in [2.24, 2.45) is 0 Å². The zero-order chi connectivity index (χ0) is 15.7. The summed E-state index contributed by atoms with van der Waals surface area (Å²) >= 11 is 0. The van der Waals surface area contributed by atoms with E-state index in [1.165, 1.54) is 5.56 Å². The Morgan fingerprint density at radius 2 is 1.45 bits per heavy atom. The highest BCUT2D eigenvalue weighted by Crippen LogP contribution is 2.25. The quantitative estimate of drug-likeness (QED) is 0.664. The predicted molar refractivity (Wildman–Crippen MR) is 92.9 cm³/mol. The summed E-state index contributed by atoms with van der Waals surface area (Å²) in [5.74, 6) is 0.0708. The molecule has 0 saturated heterocycles. The van der Waals surface area contributed by atoms with Gasteiger partial charge in [0.1, 0.15) is 0 Å². The average Bonchev–Trinajstić information content (AvgIpc) is 2.55. The smallest absolute Gasteiger partial charge is 0.193 e. The van der Waals surface area contributed by atoms with Crippen LogP contribution in [0.25, 0.3) is 10.8 Å². The van der Waals surface area contributed by atoms with Gasteiger partial charge >= 0.3 is 0 Å². The number of hydrogen-bond donors (Lipinski definition) is 0. The monoisotopic (exact) mass is 289 g/mol. The van der Waals surface area contributed by atoms with Crippen LogP contribution in [0.1, 0.15) is 21.5 Å². The number of rotatable bonds is 3. The van der Waals surface area contributed by atoms with Gasteiger partial charge in [0.2, 0.25) is 0 Å². The summed E-state index contributed by atoms with van der Waals surface area (Å²) in [7, 11) is 3.98. The molecule has 0 aromatic heterocycles. The molecule has 110 valence electrons. The van der Waals surface area contributed by atoms with E-state index in [4.69, 9.17) is 0 Å². The van der Waals surface area contributed by atoms with Crippen LogP contribution in [0.2, 0.25) is 0 Å². The van der Waals surface area contributed by atoms with Crippen molar-refractivity contribution < 1.29 is 4.79 Å². The van der Waals surface area contributed by atoms with Crippen LogP contribution >= 0.6 is 0 Å². The number of fused-ring (bicyclic) bond motifs is 1. The number of carbonyl (C=O) groups is 1. The largest absolute Gasteiger partial charge is 0.378 e. The van der Waals surface area contributed by atoms with Crippen LogP contribution in [0, 0.1) is 6.92 Å². The number of carbonyl (C=O) groups excluding carboxylic acids is 1. The van der Waals surface area contributed by atoms with E-state index in [0.29, 0.717) is 0 Å². The molecule has 0 aliphatic heterocycles. The molecule has 0 fully saturated rings. The van der Waals surface area contributed by atoms with Crippen molar-refractivity contribution in [2.75, 3.05) is 19.0 Å². The Hall–Kier alpha value is -2.61. The van der Waals surface area contributed by atoms with E-state index in [2.05, 4.69) is 13.0 Å². The maximum Gasteiger partial charge on any atom is 0.193 e. The molecule has 0 aliphatic rings. The lowest BCUT2D eigenvalue weighted by molar-refractivity contribution is 0.104. The van der Waals surface area contributed by atoms with Crippen LogP contribution in [-0.4, -0.2) is 19.9 Å². The number of ketones is 1. The molecule has 22 heavy (non-hydrogen) atoms. The number of benzene rings is 3. The lowest BCUT2D eigenvalue weighted by Gasteiger charge is -2.13. The van der Waals surface area contributed by atoms with E-state index in [9.17, 15) is 4.79 Å². The summed E-state index contributed by atoms with van der Waals surface area (Å²) < 4.78 is 0. The van der Waals surface area contributed by atoms with E-state index in [1.807, 2.05) is 73.6 Å². The summed E-state index contributed by atoms with van der Waals surface area (Å²) in [5.41, 5.74) is 3.76. The molecule has 0 spiro atoms. The summed E-state index contributed by atoms with van der Waals surface area (Å²) in [6, 6.07) is 19.8. The fourth-order valence-electron chi connectivity index (χ4n) is 2.71. The lowest BCUT2D eigenvalue weighted by atomic mass is 9.95. The number of aryl methyl sites for hydroxylation is 1. The zero-order valence-corrected chi connectivity index (χ0v) is 13.1. The van der Waals surface area contributed by atoms with Gasteiger partial charge in [-0.15, -0.1) is 0 Å². The maximum absolute atomic E-state index is 12.8.